The molecule has 0 bridgehead atoms. The molecule has 0 aromatic heterocycles. The number of hydrogen-bond acceptors (Lipinski definition) is 4. The molecular formula is C9H10F3NO3S. The number of nitrogens with zero attached hydrogens (tertiary/aromatic N) is 1. The first-order valence-corrected chi connectivity index (χ1v) is 5.82. The molecule has 1 rings (SSSR count). The van der Waals surface area contributed by atoms with Crippen LogP contribution in [-0.2, 0) is 14.3 Å². The maximum absolute atomic E-state index is 12.1. The lowest BCUT2D eigenvalue weighted by atomic mass is 10.2. The van der Waals surface area contributed by atoms with E-state index in [1.165, 1.54) is 30.3 Å². The molecule has 1 unspecified atom stereocenters. The number of alkyl halides is 3. The molecule has 1 aliphatic rings. The van der Waals surface area contributed by atoms with Gasteiger partial charge in [-0.25, -0.2) is 4.18 Å². The largest absolute Gasteiger partial charge is 0.523 e. The van der Waals surface area contributed by atoms with E-state index in [2.05, 4.69) is 10.8 Å². The summed E-state index contributed by atoms with van der Waals surface area (Å²) in [5.41, 5.74) is -4.96. The van der Waals surface area contributed by atoms with Gasteiger partial charge in [0.15, 0.2) is 6.23 Å². The smallest absolute Gasteiger partial charge is 0.351 e. The first kappa shape index (κ1) is 13.8. The first-order valence-electron chi connectivity index (χ1n) is 4.41. The van der Waals surface area contributed by atoms with Gasteiger partial charge in [0.1, 0.15) is 0 Å². The topological polar surface area (TPSA) is 46.6 Å². The zero-order valence-corrected chi connectivity index (χ0v) is 9.62. The van der Waals surface area contributed by atoms with Crippen LogP contribution in [0.4, 0.5) is 13.2 Å². The van der Waals surface area contributed by atoms with E-state index in [1.54, 1.807) is 6.08 Å². The van der Waals surface area contributed by atoms with Gasteiger partial charge in [0.2, 0.25) is 0 Å². The summed E-state index contributed by atoms with van der Waals surface area (Å²) in [5, 5.41) is 0. The minimum atomic E-state index is -5.62. The average Bonchev–Trinajstić information content (AvgIpc) is 2.19. The van der Waals surface area contributed by atoms with E-state index in [4.69, 9.17) is 0 Å². The molecular weight excluding hydrogens is 259 g/mol. The van der Waals surface area contributed by atoms with Crippen LogP contribution in [0.2, 0.25) is 0 Å². The van der Waals surface area contributed by atoms with E-state index >= 15 is 0 Å². The zero-order chi connectivity index (χ0) is 13.3. The third-order valence-corrected chi connectivity index (χ3v) is 3.00. The van der Waals surface area contributed by atoms with Crippen molar-refractivity contribution in [2.45, 2.75) is 11.7 Å². The summed E-state index contributed by atoms with van der Waals surface area (Å²) in [6.07, 6.45) is 4.22. The second-order valence-corrected chi connectivity index (χ2v) is 4.80. The molecule has 96 valence electrons. The highest BCUT2D eigenvalue weighted by Crippen LogP contribution is 2.27. The molecule has 0 aromatic rings. The molecule has 0 spiro atoms. The molecule has 0 aromatic carbocycles. The minimum Gasteiger partial charge on any atom is -0.351 e. The van der Waals surface area contributed by atoms with E-state index in [0.29, 0.717) is 5.57 Å². The van der Waals surface area contributed by atoms with Crippen LogP contribution < -0.4 is 0 Å². The first-order chi connectivity index (χ1) is 7.67. The van der Waals surface area contributed by atoms with Crippen LogP contribution in [0.25, 0.3) is 0 Å². The van der Waals surface area contributed by atoms with Crippen molar-refractivity contribution in [2.75, 3.05) is 7.05 Å². The minimum absolute atomic E-state index is 0.477. The summed E-state index contributed by atoms with van der Waals surface area (Å²) in [7, 11) is -4.22. The highest BCUT2D eigenvalue weighted by molar-refractivity contribution is 7.87. The number of hydrogen-bond donors (Lipinski definition) is 0. The van der Waals surface area contributed by atoms with Crippen molar-refractivity contribution in [2.24, 2.45) is 0 Å². The lowest BCUT2D eigenvalue weighted by Crippen LogP contribution is -2.37. The molecule has 1 heterocycles. The second kappa shape index (κ2) is 4.53. The summed E-state index contributed by atoms with van der Waals surface area (Å²) in [4.78, 5) is 1.19. The van der Waals surface area contributed by atoms with Gasteiger partial charge in [0, 0.05) is 13.2 Å². The fraction of sp³-hybridized carbons (Fsp3) is 0.333. The van der Waals surface area contributed by atoms with Gasteiger partial charge in [-0.05, 0) is 17.7 Å². The zero-order valence-electron chi connectivity index (χ0n) is 8.81. The molecule has 0 radical (unpaired) electrons. The molecule has 0 N–H and O–H groups in total. The van der Waals surface area contributed by atoms with Crippen LogP contribution in [0.15, 0.2) is 36.6 Å². The number of rotatable bonds is 3. The maximum Gasteiger partial charge on any atom is 0.523 e. The van der Waals surface area contributed by atoms with Crippen LogP contribution in [-0.4, -0.2) is 32.1 Å². The molecule has 1 atom stereocenters. The molecule has 0 saturated carbocycles. The highest BCUT2D eigenvalue weighted by atomic mass is 32.2. The van der Waals surface area contributed by atoms with Crippen molar-refractivity contribution in [3.05, 3.63) is 36.6 Å². The van der Waals surface area contributed by atoms with E-state index in [0.717, 1.165) is 0 Å². The number of likely N-dealkylation sites (N-methyl/N-ethyl adjacent to an activating group) is 1. The summed E-state index contributed by atoms with van der Waals surface area (Å²) in [6, 6.07) is 0. The fourth-order valence-corrected chi connectivity index (χ4v) is 1.60. The molecule has 0 fully saturated rings. The van der Waals surface area contributed by atoms with Crippen molar-refractivity contribution >= 4 is 10.1 Å². The van der Waals surface area contributed by atoms with Gasteiger partial charge in [-0.2, -0.15) is 21.6 Å². The van der Waals surface area contributed by atoms with Crippen molar-refractivity contribution in [3.63, 3.8) is 0 Å². The quantitative estimate of drug-likeness (QED) is 0.578. The van der Waals surface area contributed by atoms with Gasteiger partial charge in [-0.3, -0.25) is 0 Å². The van der Waals surface area contributed by atoms with Gasteiger partial charge < -0.3 is 4.90 Å². The Morgan fingerprint density at radius 1 is 1.53 bits per heavy atom. The maximum atomic E-state index is 12.1. The number of allylic oxidation sites excluding steroid dienone is 3. The van der Waals surface area contributed by atoms with Crippen LogP contribution in [0.1, 0.15) is 0 Å². The third kappa shape index (κ3) is 3.10. The van der Waals surface area contributed by atoms with E-state index < -0.39 is 21.9 Å². The molecule has 4 nitrogen and oxygen atoms in total. The van der Waals surface area contributed by atoms with Gasteiger partial charge >= 0.3 is 15.6 Å². The van der Waals surface area contributed by atoms with Gasteiger partial charge in [0.05, 0.1) is 0 Å². The van der Waals surface area contributed by atoms with Crippen LogP contribution in [0, 0.1) is 0 Å². The summed E-state index contributed by atoms with van der Waals surface area (Å²) < 4.78 is 62.0. The van der Waals surface area contributed by atoms with E-state index in [9.17, 15) is 21.6 Å². The SMILES string of the molecule is C=CC1=CC(OS(=O)(=O)C(F)(F)F)N(C)C=C1. The summed E-state index contributed by atoms with van der Waals surface area (Å²) in [5.74, 6) is 0. The Labute approximate surface area is 96.8 Å². The average molecular weight is 269 g/mol. The van der Waals surface area contributed by atoms with Crippen LogP contribution in [0.3, 0.4) is 0 Å². The van der Waals surface area contributed by atoms with E-state index in [1.807, 2.05) is 0 Å². The van der Waals surface area contributed by atoms with Crippen molar-refractivity contribution in [1.29, 1.82) is 0 Å². The molecule has 0 aliphatic carbocycles. The molecule has 0 saturated heterocycles. The Kier molecular flexibility index (Phi) is 3.68. The normalized spacial score (nSPS) is 21.3. The lowest BCUT2D eigenvalue weighted by Gasteiger charge is -2.27. The predicted molar refractivity (Wildman–Crippen MR) is 55.0 cm³/mol. The van der Waals surface area contributed by atoms with Gasteiger partial charge in [-0.15, -0.1) is 0 Å². The standard InChI is InChI=1S/C9H10F3NO3S/c1-3-7-4-5-13(2)8(6-7)16-17(14,15)9(10,11)12/h3-6,8H,1H2,2H3. The van der Waals surface area contributed by atoms with E-state index in [-0.39, 0.29) is 0 Å². The Hall–Kier alpha value is -1.28. The fourth-order valence-electron chi connectivity index (χ4n) is 1.04. The Balaban J connectivity index is 2.93. The summed E-state index contributed by atoms with van der Waals surface area (Å²) in [6.45, 7) is 3.42. The Morgan fingerprint density at radius 3 is 2.59 bits per heavy atom. The van der Waals surface area contributed by atoms with Gasteiger partial charge in [0.25, 0.3) is 0 Å². The lowest BCUT2D eigenvalue weighted by molar-refractivity contribution is -0.0599. The monoisotopic (exact) mass is 269 g/mol. The van der Waals surface area contributed by atoms with Crippen molar-refractivity contribution in [3.8, 4) is 0 Å². The highest BCUT2D eigenvalue weighted by Gasteiger charge is 2.48. The second-order valence-electron chi connectivity index (χ2n) is 3.24. The number of halogens is 3. The Bertz CT molecular complexity index is 464. The molecule has 8 heteroatoms. The van der Waals surface area contributed by atoms with Gasteiger partial charge in [-0.1, -0.05) is 12.7 Å². The molecule has 17 heavy (non-hydrogen) atoms. The predicted octanol–water partition coefficient (Wildman–Crippen LogP) is 1.75. The van der Waals surface area contributed by atoms with Crippen molar-refractivity contribution in [1.82, 2.24) is 4.90 Å². The van der Waals surface area contributed by atoms with Crippen LogP contribution >= 0.6 is 0 Å². The summed E-state index contributed by atoms with van der Waals surface area (Å²) >= 11 is 0. The van der Waals surface area contributed by atoms with Crippen molar-refractivity contribution < 1.29 is 25.8 Å². The molecule has 0 amide bonds. The Morgan fingerprint density at radius 2 is 2.12 bits per heavy atom. The third-order valence-electron chi connectivity index (χ3n) is 1.98. The molecule has 1 aliphatic heterocycles. The van der Waals surface area contributed by atoms with Crippen LogP contribution in [0.5, 0.6) is 0 Å².